The zero-order valence-electron chi connectivity index (χ0n) is 15.0. The number of hydrogen-bond acceptors (Lipinski definition) is 4. The van der Waals surface area contributed by atoms with Crippen LogP contribution < -0.4 is 10.2 Å². The molecule has 0 aliphatic rings. The first-order valence-electron chi connectivity index (χ1n) is 8.83. The highest BCUT2D eigenvalue weighted by Gasteiger charge is 2.06. The molecule has 0 bridgehead atoms. The fourth-order valence-corrected chi connectivity index (χ4v) is 2.79. The summed E-state index contributed by atoms with van der Waals surface area (Å²) in [7, 11) is 0. The Morgan fingerprint density at radius 2 is 1.79 bits per heavy atom. The average molecular weight is 370 g/mol. The molecule has 0 saturated heterocycles. The van der Waals surface area contributed by atoms with E-state index in [-0.39, 0.29) is 12.5 Å². The fraction of sp³-hybridized carbons (Fsp3) is 0.0455. The van der Waals surface area contributed by atoms with Gasteiger partial charge in [0.1, 0.15) is 18.0 Å². The summed E-state index contributed by atoms with van der Waals surface area (Å²) in [5.41, 5.74) is 5.13. The van der Waals surface area contributed by atoms with Crippen LogP contribution in [-0.2, 0) is 11.3 Å². The molecule has 1 N–H and O–H groups in total. The number of fused-ring (bicyclic) bond motifs is 1. The molecule has 1 heterocycles. The quantitative estimate of drug-likeness (QED) is 0.412. The van der Waals surface area contributed by atoms with Crippen LogP contribution >= 0.6 is 0 Å². The Morgan fingerprint density at radius 3 is 2.68 bits per heavy atom. The van der Waals surface area contributed by atoms with Crippen LogP contribution in [0.15, 0.2) is 90.3 Å². The maximum absolute atomic E-state index is 12.2. The Kier molecular flexibility index (Phi) is 5.11. The molecule has 6 heteroatoms. The molecule has 1 amide bonds. The van der Waals surface area contributed by atoms with Crippen LogP contribution in [-0.4, -0.2) is 21.7 Å². The first-order chi connectivity index (χ1) is 13.8. The normalized spacial score (nSPS) is 11.0. The van der Waals surface area contributed by atoms with Gasteiger partial charge < -0.3 is 9.30 Å². The van der Waals surface area contributed by atoms with Crippen molar-refractivity contribution in [1.29, 1.82) is 0 Å². The minimum absolute atomic E-state index is 0.148. The molecule has 0 fully saturated rings. The van der Waals surface area contributed by atoms with E-state index in [1.807, 2.05) is 78.9 Å². The number of aromatic nitrogens is 2. The molecule has 6 nitrogen and oxygen atoms in total. The number of nitrogens with zero attached hydrogens (tertiary/aromatic N) is 3. The molecule has 0 atom stereocenters. The molecule has 28 heavy (non-hydrogen) atoms. The lowest BCUT2D eigenvalue weighted by Crippen LogP contribution is -2.22. The van der Waals surface area contributed by atoms with Gasteiger partial charge in [-0.05, 0) is 42.0 Å². The van der Waals surface area contributed by atoms with Crippen LogP contribution in [0, 0.1) is 0 Å². The highest BCUT2D eigenvalue weighted by molar-refractivity contribution is 5.84. The molecule has 3 aromatic carbocycles. The number of amides is 1. The molecule has 0 unspecified atom stereocenters. The summed E-state index contributed by atoms with van der Waals surface area (Å²) < 4.78 is 7.58. The van der Waals surface area contributed by atoms with Crippen LogP contribution in [0.1, 0.15) is 5.56 Å². The Labute approximate surface area is 162 Å². The zero-order valence-corrected chi connectivity index (χ0v) is 15.0. The number of carbonyl (C=O) groups is 1. The van der Waals surface area contributed by atoms with E-state index in [9.17, 15) is 4.79 Å². The summed E-state index contributed by atoms with van der Waals surface area (Å²) in [6.45, 7) is 0.148. The predicted molar refractivity (Wildman–Crippen MR) is 108 cm³/mol. The van der Waals surface area contributed by atoms with Crippen LogP contribution in [0.4, 0.5) is 0 Å². The summed E-state index contributed by atoms with van der Waals surface area (Å²) in [5, 5.41) is 4.04. The highest BCUT2D eigenvalue weighted by Crippen LogP contribution is 2.21. The van der Waals surface area contributed by atoms with Crippen molar-refractivity contribution in [2.75, 3.05) is 0 Å². The zero-order chi connectivity index (χ0) is 19.2. The van der Waals surface area contributed by atoms with Gasteiger partial charge >= 0.3 is 0 Å². The fourth-order valence-electron chi connectivity index (χ4n) is 2.79. The van der Waals surface area contributed by atoms with E-state index < -0.39 is 0 Å². The van der Waals surface area contributed by atoms with Crippen LogP contribution in [0.5, 0.6) is 11.5 Å². The molecule has 4 aromatic rings. The molecule has 0 aliphatic carbocycles. The van der Waals surface area contributed by atoms with E-state index in [2.05, 4.69) is 15.5 Å². The number of carbonyl (C=O) groups excluding carboxylic acids is 1. The Morgan fingerprint density at radius 1 is 1.00 bits per heavy atom. The second kappa shape index (κ2) is 8.18. The third-order valence-corrected chi connectivity index (χ3v) is 4.08. The lowest BCUT2D eigenvalue weighted by atomic mass is 10.2. The Balaban J connectivity index is 1.36. The van der Waals surface area contributed by atoms with Gasteiger partial charge in [0, 0.05) is 0 Å². The molecular formula is C22H18N4O2. The van der Waals surface area contributed by atoms with Gasteiger partial charge in [-0.3, -0.25) is 4.79 Å². The number of para-hydroxylation sites is 3. The van der Waals surface area contributed by atoms with E-state index in [1.165, 1.54) is 0 Å². The standard InChI is InChI=1S/C22H18N4O2/c27-22(15-26-16-23-20-11-4-5-12-21(20)26)25-24-14-17-7-6-10-19(13-17)28-18-8-2-1-3-9-18/h1-14,16H,15H2,(H,25,27)/b24-14-. The van der Waals surface area contributed by atoms with E-state index in [1.54, 1.807) is 17.1 Å². The van der Waals surface area contributed by atoms with Crippen molar-refractivity contribution in [1.82, 2.24) is 15.0 Å². The maximum atomic E-state index is 12.2. The lowest BCUT2D eigenvalue weighted by Gasteiger charge is -2.06. The topological polar surface area (TPSA) is 68.5 Å². The summed E-state index contributed by atoms with van der Waals surface area (Å²) in [6.07, 6.45) is 3.24. The molecule has 0 spiro atoms. The second-order valence-corrected chi connectivity index (χ2v) is 6.14. The molecule has 0 saturated carbocycles. The maximum Gasteiger partial charge on any atom is 0.260 e. The summed E-state index contributed by atoms with van der Waals surface area (Å²) in [5.74, 6) is 1.24. The van der Waals surface area contributed by atoms with Crippen molar-refractivity contribution in [3.63, 3.8) is 0 Å². The highest BCUT2D eigenvalue weighted by atomic mass is 16.5. The molecular weight excluding hydrogens is 352 g/mol. The number of hydrogen-bond donors (Lipinski definition) is 1. The number of rotatable bonds is 6. The first kappa shape index (κ1) is 17.5. The van der Waals surface area contributed by atoms with E-state index in [4.69, 9.17) is 4.74 Å². The van der Waals surface area contributed by atoms with Crippen molar-refractivity contribution in [2.45, 2.75) is 6.54 Å². The van der Waals surface area contributed by atoms with Gasteiger partial charge in [0.15, 0.2) is 0 Å². The lowest BCUT2D eigenvalue weighted by molar-refractivity contribution is -0.121. The van der Waals surface area contributed by atoms with Gasteiger partial charge in [-0.25, -0.2) is 10.4 Å². The minimum Gasteiger partial charge on any atom is -0.457 e. The van der Waals surface area contributed by atoms with Gasteiger partial charge in [-0.1, -0.05) is 42.5 Å². The van der Waals surface area contributed by atoms with Gasteiger partial charge in [0.2, 0.25) is 0 Å². The molecule has 138 valence electrons. The van der Waals surface area contributed by atoms with Crippen LogP contribution in [0.3, 0.4) is 0 Å². The number of benzene rings is 3. The molecule has 0 aliphatic heterocycles. The van der Waals surface area contributed by atoms with Crippen LogP contribution in [0.25, 0.3) is 11.0 Å². The van der Waals surface area contributed by atoms with Gasteiger partial charge in [0.25, 0.3) is 5.91 Å². The van der Waals surface area contributed by atoms with Crippen molar-refractivity contribution >= 4 is 23.2 Å². The average Bonchev–Trinajstić information content (AvgIpc) is 3.12. The second-order valence-electron chi connectivity index (χ2n) is 6.14. The van der Waals surface area contributed by atoms with Gasteiger partial charge in [-0.2, -0.15) is 5.10 Å². The number of imidazole rings is 1. The number of hydrazone groups is 1. The van der Waals surface area contributed by atoms with Gasteiger partial charge in [0.05, 0.1) is 23.6 Å². The first-order valence-corrected chi connectivity index (χ1v) is 8.83. The van der Waals surface area contributed by atoms with E-state index in [0.29, 0.717) is 5.75 Å². The predicted octanol–water partition coefficient (Wildman–Crippen LogP) is 3.98. The Bertz CT molecular complexity index is 1120. The molecule has 4 rings (SSSR count). The summed E-state index contributed by atoms with van der Waals surface area (Å²) in [4.78, 5) is 16.4. The molecule has 1 aromatic heterocycles. The monoisotopic (exact) mass is 370 g/mol. The summed E-state index contributed by atoms with van der Waals surface area (Å²) in [6, 6.07) is 24.7. The smallest absolute Gasteiger partial charge is 0.260 e. The van der Waals surface area contributed by atoms with Gasteiger partial charge in [-0.15, -0.1) is 0 Å². The van der Waals surface area contributed by atoms with Crippen molar-refractivity contribution in [3.8, 4) is 11.5 Å². The number of nitrogens with one attached hydrogen (secondary N) is 1. The number of ether oxygens (including phenoxy) is 1. The van der Waals surface area contributed by atoms with E-state index in [0.717, 1.165) is 22.3 Å². The van der Waals surface area contributed by atoms with Crippen LogP contribution in [0.2, 0.25) is 0 Å². The van der Waals surface area contributed by atoms with E-state index >= 15 is 0 Å². The third-order valence-electron chi connectivity index (χ3n) is 4.08. The van der Waals surface area contributed by atoms with Crippen molar-refractivity contribution in [2.24, 2.45) is 5.10 Å². The van der Waals surface area contributed by atoms with Crippen molar-refractivity contribution < 1.29 is 9.53 Å². The van der Waals surface area contributed by atoms with Crippen molar-refractivity contribution in [3.05, 3.63) is 90.8 Å². The molecule has 0 radical (unpaired) electrons. The minimum atomic E-state index is -0.226. The third kappa shape index (κ3) is 4.24. The largest absolute Gasteiger partial charge is 0.457 e. The summed E-state index contributed by atoms with van der Waals surface area (Å²) >= 11 is 0. The SMILES string of the molecule is O=C(Cn1cnc2ccccc21)N/N=C\c1cccc(Oc2ccccc2)c1. The Hall–Kier alpha value is -3.93.